The molecule has 0 aliphatic rings. The van der Waals surface area contributed by atoms with Crippen molar-refractivity contribution in [3.8, 4) is 23.0 Å². The van der Waals surface area contributed by atoms with Crippen LogP contribution in [0.1, 0.15) is 15.9 Å². The molecule has 0 radical (unpaired) electrons. The summed E-state index contributed by atoms with van der Waals surface area (Å²) >= 11 is 0. The second-order valence-corrected chi connectivity index (χ2v) is 17.8. The number of rotatable bonds is 14. The lowest BCUT2D eigenvalue weighted by atomic mass is 10.0. The first-order valence-electron chi connectivity index (χ1n) is 15.9. The highest BCUT2D eigenvalue weighted by Crippen LogP contribution is 2.36. The first-order valence-corrected chi connectivity index (χ1v) is 21.5. The number of hydrogen-bond donors (Lipinski definition) is 0. The van der Waals surface area contributed by atoms with Crippen LogP contribution in [0.2, 0.25) is 0 Å². The van der Waals surface area contributed by atoms with Crippen LogP contribution in [0.5, 0.6) is 23.0 Å². The van der Waals surface area contributed by atoms with Gasteiger partial charge in [0.05, 0.1) is 11.1 Å². The maximum atomic E-state index is 14.3. The van der Waals surface area contributed by atoms with Crippen molar-refractivity contribution in [2.45, 2.75) is 19.6 Å². The minimum Gasteiger partial charge on any atom is -0.379 e. The van der Waals surface area contributed by atoms with Crippen LogP contribution in [0.25, 0.3) is 0 Å². The maximum absolute atomic E-state index is 14.3. The first kappa shape index (κ1) is 41.3. The second-order valence-electron chi connectivity index (χ2n) is 11.6. The monoisotopic (exact) mass is 878 g/mol. The van der Waals surface area contributed by atoms with Crippen molar-refractivity contribution >= 4 is 46.3 Å². The molecule has 13 nitrogen and oxygen atoms in total. The van der Waals surface area contributed by atoms with Gasteiger partial charge in [-0.15, -0.1) is 0 Å². The Morgan fingerprint density at radius 1 is 0.345 bits per heavy atom. The number of carbonyl (C=O) groups excluding carboxylic acids is 1. The third-order valence-electron chi connectivity index (χ3n) is 7.62. The predicted octanol–water partition coefficient (Wildman–Crippen LogP) is 6.54. The fraction of sp³-hybridized carbons (Fsp3) is 0. The molecule has 21 heteroatoms. The summed E-state index contributed by atoms with van der Waals surface area (Å²) in [5, 5.41) is 0. The molecule has 0 unspecified atom stereocenters. The summed E-state index contributed by atoms with van der Waals surface area (Å²) in [6, 6.07) is 17.9. The van der Waals surface area contributed by atoms with Crippen LogP contribution in [0.15, 0.2) is 153 Å². The fourth-order valence-electron chi connectivity index (χ4n) is 4.85. The van der Waals surface area contributed by atoms with Crippen LogP contribution in [0.4, 0.5) is 17.6 Å². The van der Waals surface area contributed by atoms with Crippen molar-refractivity contribution < 1.29 is 72.8 Å². The summed E-state index contributed by atoms with van der Waals surface area (Å²) in [5.74, 6) is -7.60. The average molecular weight is 879 g/mol. The van der Waals surface area contributed by atoms with Gasteiger partial charge in [-0.1, -0.05) is 0 Å². The molecule has 300 valence electrons. The Labute approximate surface area is 328 Å². The van der Waals surface area contributed by atoms with Gasteiger partial charge in [-0.2, -0.15) is 33.7 Å². The Morgan fingerprint density at radius 2 is 0.586 bits per heavy atom. The molecule has 0 aliphatic heterocycles. The Morgan fingerprint density at radius 3 is 0.845 bits per heavy atom. The van der Waals surface area contributed by atoms with Crippen LogP contribution in [-0.2, 0) is 40.5 Å². The van der Waals surface area contributed by atoms with E-state index in [2.05, 4.69) is 0 Å². The van der Waals surface area contributed by atoms with Crippen molar-refractivity contribution in [3.05, 3.63) is 168 Å². The van der Waals surface area contributed by atoms with Crippen molar-refractivity contribution in [2.24, 2.45) is 0 Å². The third kappa shape index (κ3) is 9.45. The molecule has 0 bridgehead atoms. The summed E-state index contributed by atoms with van der Waals surface area (Å²) in [5.41, 5.74) is -1.43. The van der Waals surface area contributed by atoms with Gasteiger partial charge in [0, 0.05) is 12.1 Å². The third-order valence-corrected chi connectivity index (χ3v) is 12.6. The van der Waals surface area contributed by atoms with Crippen molar-refractivity contribution in [1.29, 1.82) is 0 Å². The fourth-order valence-corrected chi connectivity index (χ4v) is 8.58. The van der Waals surface area contributed by atoms with E-state index in [0.29, 0.717) is 12.1 Å². The smallest absolute Gasteiger partial charge is 0.339 e. The highest BCUT2D eigenvalue weighted by atomic mass is 32.2. The molecule has 0 amide bonds. The van der Waals surface area contributed by atoms with E-state index < -0.39 is 123 Å². The number of benzene rings is 6. The lowest BCUT2D eigenvalue weighted by Gasteiger charge is -2.16. The number of carbonyl (C=O) groups is 1. The topological polar surface area (TPSA) is 191 Å². The van der Waals surface area contributed by atoms with Crippen molar-refractivity contribution in [2.75, 3.05) is 0 Å². The zero-order chi connectivity index (χ0) is 42.0. The Bertz CT molecular complexity index is 2780. The van der Waals surface area contributed by atoms with Crippen LogP contribution < -0.4 is 16.7 Å². The van der Waals surface area contributed by atoms with Crippen LogP contribution >= 0.6 is 0 Å². The minimum atomic E-state index is -4.95. The Balaban J connectivity index is 1.46. The molecule has 6 aromatic carbocycles. The standard InChI is InChI=1S/C37H22F4O13S4/c38-23-1-11-29(12-2-23)55(43,44)51-27-9-19-33(35(21-27)53-57(47,48)31-15-5-25(40)6-16-31)37(42)34-20-10-28(52-56(45,46)30-13-3-24(39)4-14-30)22-36(34)54-58(49,50)32-17-7-26(41)8-18-32/h1-22H. The van der Waals surface area contributed by atoms with Crippen LogP contribution in [-0.4, -0.2) is 39.5 Å². The summed E-state index contributed by atoms with van der Waals surface area (Å²) in [7, 11) is -19.3. The van der Waals surface area contributed by atoms with Gasteiger partial charge < -0.3 is 16.7 Å². The SMILES string of the molecule is O=C(c1ccc(OS(=O)(=O)c2ccc(F)cc2)cc1OS(=O)(=O)c1ccc(F)cc1)c1ccc(OS(=O)(=O)c2ccc(F)cc2)cc1OS(=O)(=O)c1ccc(F)cc1. The predicted molar refractivity (Wildman–Crippen MR) is 193 cm³/mol. The number of ketones is 1. The number of halogens is 4. The van der Waals surface area contributed by atoms with E-state index in [-0.39, 0.29) is 0 Å². The first-order chi connectivity index (χ1) is 27.2. The molecule has 6 rings (SSSR count). The van der Waals surface area contributed by atoms with Gasteiger partial charge in [0.2, 0.25) is 5.78 Å². The van der Waals surface area contributed by atoms with E-state index in [1.165, 1.54) is 0 Å². The molecule has 0 spiro atoms. The van der Waals surface area contributed by atoms with Crippen LogP contribution in [0.3, 0.4) is 0 Å². The minimum absolute atomic E-state index is 0.525. The zero-order valence-electron chi connectivity index (χ0n) is 28.7. The molecule has 0 aromatic heterocycles. The van der Waals surface area contributed by atoms with Crippen molar-refractivity contribution in [1.82, 2.24) is 0 Å². The van der Waals surface area contributed by atoms with E-state index in [9.17, 15) is 56.0 Å². The summed E-state index contributed by atoms with van der Waals surface area (Å²) in [6.07, 6.45) is 0. The summed E-state index contributed by atoms with van der Waals surface area (Å²) in [6.45, 7) is 0. The lowest BCUT2D eigenvalue weighted by molar-refractivity contribution is 0.103. The van der Waals surface area contributed by atoms with Crippen LogP contribution in [0, 0.1) is 23.3 Å². The normalized spacial score (nSPS) is 12.1. The van der Waals surface area contributed by atoms with E-state index in [1.807, 2.05) is 0 Å². The molecular formula is C37H22F4O13S4. The molecule has 0 atom stereocenters. The second kappa shape index (κ2) is 15.9. The van der Waals surface area contributed by atoms with Gasteiger partial charge in [0.1, 0.15) is 54.3 Å². The van der Waals surface area contributed by atoms with Gasteiger partial charge in [-0.25, -0.2) is 17.6 Å². The highest BCUT2D eigenvalue weighted by Gasteiger charge is 2.29. The molecule has 6 aromatic rings. The van der Waals surface area contributed by atoms with Gasteiger partial charge in [0.15, 0.2) is 11.5 Å². The van der Waals surface area contributed by atoms with Crippen molar-refractivity contribution in [3.63, 3.8) is 0 Å². The lowest BCUT2D eigenvalue weighted by Crippen LogP contribution is -2.16. The number of hydrogen-bond acceptors (Lipinski definition) is 13. The molecule has 0 saturated carbocycles. The molecule has 0 fully saturated rings. The molecule has 0 heterocycles. The maximum Gasteiger partial charge on any atom is 0.339 e. The zero-order valence-corrected chi connectivity index (χ0v) is 31.9. The molecule has 58 heavy (non-hydrogen) atoms. The van der Waals surface area contributed by atoms with Gasteiger partial charge in [-0.05, 0) is 121 Å². The Hall–Kier alpha value is -6.29. The highest BCUT2D eigenvalue weighted by molar-refractivity contribution is 7.88. The quantitative estimate of drug-likeness (QED) is 0.0652. The van der Waals surface area contributed by atoms with E-state index in [1.54, 1.807) is 0 Å². The average Bonchev–Trinajstić information content (AvgIpc) is 3.15. The molecule has 0 N–H and O–H groups in total. The van der Waals surface area contributed by atoms with Gasteiger partial charge in [-0.3, -0.25) is 4.79 Å². The summed E-state index contributed by atoms with van der Waals surface area (Å²) in [4.78, 5) is 12.0. The molecular weight excluding hydrogens is 857 g/mol. The van der Waals surface area contributed by atoms with Gasteiger partial charge >= 0.3 is 40.5 Å². The molecule has 0 saturated heterocycles. The van der Waals surface area contributed by atoms with Gasteiger partial charge in [0.25, 0.3) is 0 Å². The van der Waals surface area contributed by atoms with E-state index >= 15 is 0 Å². The van der Waals surface area contributed by atoms with E-state index in [4.69, 9.17) is 16.7 Å². The molecule has 0 aliphatic carbocycles. The summed E-state index contributed by atoms with van der Waals surface area (Å²) < 4.78 is 180. The Kier molecular flexibility index (Phi) is 11.4. The van der Waals surface area contributed by atoms with E-state index in [0.717, 1.165) is 121 Å². The largest absolute Gasteiger partial charge is 0.379 e.